The summed E-state index contributed by atoms with van der Waals surface area (Å²) in [4.78, 5) is 1.75. The van der Waals surface area contributed by atoms with Gasteiger partial charge in [-0.05, 0) is 23.6 Å². The Morgan fingerprint density at radius 3 is 2.32 bits per heavy atom. The molecular weight excluding hydrogens is 264 g/mol. The highest BCUT2D eigenvalue weighted by molar-refractivity contribution is 8.02. The van der Waals surface area contributed by atoms with E-state index >= 15 is 0 Å². The second-order valence-corrected chi connectivity index (χ2v) is 5.14. The average molecular weight is 275 g/mol. The van der Waals surface area contributed by atoms with Crippen molar-refractivity contribution in [3.63, 3.8) is 0 Å². The summed E-state index contributed by atoms with van der Waals surface area (Å²) in [5.74, 6) is -0.582. The predicted molar refractivity (Wildman–Crippen MR) is 74.8 cm³/mol. The van der Waals surface area contributed by atoms with Crippen molar-refractivity contribution >= 4 is 17.4 Å². The van der Waals surface area contributed by atoms with Gasteiger partial charge in [0.1, 0.15) is 17.0 Å². The van der Waals surface area contributed by atoms with Crippen molar-refractivity contribution in [3.05, 3.63) is 77.3 Å². The number of hydrogen-bond donors (Lipinski definition) is 0. The summed E-state index contributed by atoms with van der Waals surface area (Å²) in [7, 11) is 0. The van der Waals surface area contributed by atoms with Crippen molar-refractivity contribution in [1.29, 1.82) is 0 Å². The minimum atomic E-state index is -0.309. The summed E-state index contributed by atoms with van der Waals surface area (Å²) in [5.41, 5.74) is 1.01. The minimum absolute atomic E-state index is 0.266. The van der Waals surface area contributed by atoms with Gasteiger partial charge in [-0.3, -0.25) is 0 Å². The number of rotatable bonds is 2. The Morgan fingerprint density at radius 1 is 0.895 bits per heavy atom. The molecule has 0 N–H and O–H groups in total. The van der Waals surface area contributed by atoms with E-state index < -0.39 is 0 Å². The van der Waals surface area contributed by atoms with Gasteiger partial charge in [0.25, 0.3) is 0 Å². The molecule has 0 aliphatic carbocycles. The molecule has 2 aromatic carbocycles. The van der Waals surface area contributed by atoms with Crippen LogP contribution in [0.15, 0.2) is 60.1 Å². The Hall–Kier alpha value is -1.81. The van der Waals surface area contributed by atoms with E-state index in [1.807, 2.05) is 5.41 Å². The van der Waals surface area contributed by atoms with Crippen LogP contribution in [0.4, 0.5) is 14.5 Å². The molecule has 0 saturated heterocycles. The Balaban J connectivity index is 2.01. The fourth-order valence-electron chi connectivity index (χ4n) is 2.09. The Bertz CT molecular complexity index is 627. The van der Waals surface area contributed by atoms with Crippen LogP contribution in [0, 0.1) is 11.6 Å². The molecule has 1 unspecified atom stereocenters. The van der Waals surface area contributed by atoms with Gasteiger partial charge in [-0.25, -0.2) is 8.78 Å². The molecule has 4 heteroatoms. The van der Waals surface area contributed by atoms with Gasteiger partial charge < -0.3 is 4.90 Å². The Morgan fingerprint density at radius 2 is 1.58 bits per heavy atom. The van der Waals surface area contributed by atoms with Crippen molar-refractivity contribution in [2.24, 2.45) is 0 Å². The van der Waals surface area contributed by atoms with E-state index in [-0.39, 0.29) is 17.0 Å². The highest BCUT2D eigenvalue weighted by Crippen LogP contribution is 2.43. The summed E-state index contributed by atoms with van der Waals surface area (Å²) < 4.78 is 27.7. The zero-order valence-electron chi connectivity index (χ0n) is 9.96. The largest absolute Gasteiger partial charge is 0.328 e. The monoisotopic (exact) mass is 275 g/mol. The Labute approximate surface area is 114 Å². The fraction of sp³-hybridized carbons (Fsp3) is 0.0667. The van der Waals surface area contributed by atoms with Crippen molar-refractivity contribution in [2.75, 3.05) is 4.90 Å². The van der Waals surface area contributed by atoms with Crippen LogP contribution in [0.2, 0.25) is 0 Å². The average Bonchev–Trinajstić information content (AvgIpc) is 2.89. The lowest BCUT2D eigenvalue weighted by Crippen LogP contribution is -2.19. The van der Waals surface area contributed by atoms with Crippen LogP contribution >= 0.6 is 11.8 Å². The van der Waals surface area contributed by atoms with E-state index in [0.717, 1.165) is 0 Å². The van der Waals surface area contributed by atoms with E-state index in [1.54, 1.807) is 47.5 Å². The molecule has 1 atom stereocenters. The van der Waals surface area contributed by atoms with Gasteiger partial charge in [-0.2, -0.15) is 0 Å². The van der Waals surface area contributed by atoms with Gasteiger partial charge >= 0.3 is 0 Å². The third kappa shape index (κ3) is 2.24. The van der Waals surface area contributed by atoms with E-state index in [0.29, 0.717) is 11.3 Å². The first-order valence-corrected chi connectivity index (χ1v) is 6.81. The number of para-hydroxylation sites is 1. The van der Waals surface area contributed by atoms with Crippen LogP contribution < -0.4 is 4.90 Å². The molecule has 0 aromatic heterocycles. The molecule has 0 amide bonds. The highest BCUT2D eigenvalue weighted by atomic mass is 32.2. The third-order valence-corrected chi connectivity index (χ3v) is 4.00. The molecule has 0 bridgehead atoms. The smallest absolute Gasteiger partial charge is 0.146 e. The molecule has 0 spiro atoms. The summed E-state index contributed by atoms with van der Waals surface area (Å²) in [5, 5.41) is 1.59. The van der Waals surface area contributed by atoms with Crippen molar-refractivity contribution in [3.8, 4) is 0 Å². The maximum Gasteiger partial charge on any atom is 0.146 e. The van der Waals surface area contributed by atoms with Gasteiger partial charge in [0.2, 0.25) is 0 Å². The van der Waals surface area contributed by atoms with Crippen molar-refractivity contribution in [2.45, 2.75) is 5.37 Å². The second kappa shape index (κ2) is 5.05. The van der Waals surface area contributed by atoms with Crippen LogP contribution in [0.5, 0.6) is 0 Å². The first kappa shape index (κ1) is 12.2. The molecule has 0 saturated carbocycles. The lowest BCUT2D eigenvalue weighted by Gasteiger charge is -2.25. The van der Waals surface area contributed by atoms with Gasteiger partial charge in [-0.15, -0.1) is 11.8 Å². The van der Waals surface area contributed by atoms with E-state index in [2.05, 4.69) is 0 Å². The lowest BCUT2D eigenvalue weighted by molar-refractivity contribution is 0.602. The quantitative estimate of drug-likeness (QED) is 0.782. The maximum absolute atomic E-state index is 13.9. The number of anilines is 1. The fourth-order valence-corrected chi connectivity index (χ4v) is 3.09. The SMILES string of the molecule is Fc1ccccc1C1SC=CN1c1ccccc1F. The molecule has 2 aromatic rings. The first-order valence-electron chi connectivity index (χ1n) is 5.87. The first-order chi connectivity index (χ1) is 9.27. The standard InChI is InChI=1S/C15H11F2NS/c16-12-6-2-1-5-11(12)15-18(9-10-19-15)14-8-4-3-7-13(14)17/h1-10,15H. The second-order valence-electron chi connectivity index (χ2n) is 4.15. The van der Waals surface area contributed by atoms with Crippen LogP contribution in [0.25, 0.3) is 0 Å². The molecular formula is C15H11F2NS. The zero-order valence-corrected chi connectivity index (χ0v) is 10.8. The molecule has 19 heavy (non-hydrogen) atoms. The van der Waals surface area contributed by atoms with Gasteiger partial charge in [0, 0.05) is 11.8 Å². The summed E-state index contributed by atoms with van der Waals surface area (Å²) in [6.07, 6.45) is 1.78. The van der Waals surface area contributed by atoms with E-state index in [9.17, 15) is 8.78 Å². The zero-order chi connectivity index (χ0) is 13.2. The van der Waals surface area contributed by atoms with Crippen molar-refractivity contribution < 1.29 is 8.78 Å². The maximum atomic E-state index is 13.9. The summed E-state index contributed by atoms with van der Waals surface area (Å²) >= 11 is 1.46. The summed E-state index contributed by atoms with van der Waals surface area (Å²) in [6, 6.07) is 13.1. The van der Waals surface area contributed by atoms with Gasteiger partial charge in [0.05, 0.1) is 5.69 Å². The van der Waals surface area contributed by atoms with Crippen LogP contribution in [0.1, 0.15) is 10.9 Å². The molecule has 0 fully saturated rings. The summed E-state index contributed by atoms with van der Waals surface area (Å²) in [6.45, 7) is 0. The number of benzene rings is 2. The number of halogens is 2. The van der Waals surface area contributed by atoms with Crippen LogP contribution in [-0.4, -0.2) is 0 Å². The van der Waals surface area contributed by atoms with Gasteiger partial charge in [0.15, 0.2) is 0 Å². The lowest BCUT2D eigenvalue weighted by atomic mass is 10.2. The highest BCUT2D eigenvalue weighted by Gasteiger charge is 2.27. The van der Waals surface area contributed by atoms with Gasteiger partial charge in [-0.1, -0.05) is 30.3 Å². The van der Waals surface area contributed by atoms with Crippen molar-refractivity contribution in [1.82, 2.24) is 0 Å². The molecule has 1 aliphatic heterocycles. The van der Waals surface area contributed by atoms with Crippen LogP contribution in [-0.2, 0) is 0 Å². The molecule has 1 nitrogen and oxygen atoms in total. The molecule has 1 heterocycles. The number of nitrogens with zero attached hydrogens (tertiary/aromatic N) is 1. The van der Waals surface area contributed by atoms with E-state index in [1.165, 1.54) is 23.9 Å². The van der Waals surface area contributed by atoms with E-state index in [4.69, 9.17) is 0 Å². The Kier molecular flexibility index (Phi) is 3.25. The molecule has 1 aliphatic rings. The topological polar surface area (TPSA) is 3.24 Å². The third-order valence-electron chi connectivity index (χ3n) is 2.98. The molecule has 0 radical (unpaired) electrons. The minimum Gasteiger partial charge on any atom is -0.328 e. The van der Waals surface area contributed by atoms with Crippen LogP contribution in [0.3, 0.4) is 0 Å². The number of hydrogen-bond acceptors (Lipinski definition) is 2. The molecule has 3 rings (SSSR count). The number of thioether (sulfide) groups is 1. The molecule has 96 valence electrons. The normalized spacial score (nSPS) is 18.0. The predicted octanol–water partition coefficient (Wildman–Crippen LogP) is 4.69.